The molecular weight excluding hydrogens is 362 g/mol. The normalized spacial score (nSPS) is 14.9. The van der Waals surface area contributed by atoms with Gasteiger partial charge in [-0.25, -0.2) is 13.1 Å². The molecule has 1 amide bonds. The molecular formula is C17H28ClN3O3S. The molecule has 2 rings (SSSR count). The summed E-state index contributed by atoms with van der Waals surface area (Å²) >= 11 is 0. The van der Waals surface area contributed by atoms with Crippen molar-refractivity contribution in [1.29, 1.82) is 0 Å². The van der Waals surface area contributed by atoms with Gasteiger partial charge in [0.25, 0.3) is 0 Å². The van der Waals surface area contributed by atoms with E-state index in [0.717, 1.165) is 18.8 Å². The summed E-state index contributed by atoms with van der Waals surface area (Å²) in [4.78, 5) is 12.2. The van der Waals surface area contributed by atoms with Crippen LogP contribution < -0.4 is 15.8 Å². The highest BCUT2D eigenvalue weighted by atomic mass is 35.5. The van der Waals surface area contributed by atoms with Gasteiger partial charge in [0.05, 0.1) is 4.90 Å². The quantitative estimate of drug-likeness (QED) is 0.604. The van der Waals surface area contributed by atoms with E-state index in [9.17, 15) is 13.2 Å². The predicted molar refractivity (Wildman–Crippen MR) is 102 cm³/mol. The van der Waals surface area contributed by atoms with Crippen LogP contribution in [0.25, 0.3) is 0 Å². The largest absolute Gasteiger partial charge is 0.329 e. The monoisotopic (exact) mass is 389 g/mol. The molecule has 1 aromatic rings. The molecule has 1 aliphatic carbocycles. The minimum absolute atomic E-state index is 0. The Labute approximate surface area is 156 Å². The van der Waals surface area contributed by atoms with Crippen molar-refractivity contribution in [3.8, 4) is 0 Å². The van der Waals surface area contributed by atoms with E-state index in [1.165, 1.54) is 37.8 Å². The molecule has 1 aromatic carbocycles. The van der Waals surface area contributed by atoms with Crippen molar-refractivity contribution in [3.63, 3.8) is 0 Å². The molecule has 0 unspecified atom stereocenters. The average Bonchev–Trinajstić information content (AvgIpc) is 3.06. The molecule has 25 heavy (non-hydrogen) atoms. The topological polar surface area (TPSA) is 101 Å². The lowest BCUT2D eigenvalue weighted by atomic mass is 10.0. The van der Waals surface area contributed by atoms with E-state index in [4.69, 9.17) is 5.73 Å². The zero-order valence-electron chi connectivity index (χ0n) is 14.4. The molecule has 0 bridgehead atoms. The fraction of sp³-hybridized carbons (Fsp3) is 0.588. The third kappa shape index (κ3) is 7.32. The lowest BCUT2D eigenvalue weighted by Crippen LogP contribution is -2.29. The first-order valence-electron chi connectivity index (χ1n) is 8.61. The van der Waals surface area contributed by atoms with Gasteiger partial charge in [-0.15, -0.1) is 12.4 Å². The summed E-state index contributed by atoms with van der Waals surface area (Å²) in [7, 11) is -3.59. The maximum absolute atomic E-state index is 12.1. The van der Waals surface area contributed by atoms with E-state index in [1.807, 2.05) is 0 Å². The second kappa shape index (κ2) is 10.8. The Balaban J connectivity index is 0.00000312. The van der Waals surface area contributed by atoms with Crippen LogP contribution in [0.3, 0.4) is 0 Å². The summed E-state index contributed by atoms with van der Waals surface area (Å²) in [6.45, 7) is 0.413. The maximum Gasteiger partial charge on any atom is 0.240 e. The smallest absolute Gasteiger partial charge is 0.240 e. The number of carbonyl (C=O) groups excluding carboxylic acids is 1. The summed E-state index contributed by atoms with van der Waals surface area (Å²) in [6.07, 6.45) is 7.66. The van der Waals surface area contributed by atoms with Crippen LogP contribution in [0.15, 0.2) is 29.2 Å². The van der Waals surface area contributed by atoms with E-state index < -0.39 is 10.0 Å². The molecule has 1 aliphatic rings. The molecule has 0 heterocycles. The Hall–Kier alpha value is -1.15. The number of halogens is 1. The van der Waals surface area contributed by atoms with Gasteiger partial charge in [0.1, 0.15) is 0 Å². The van der Waals surface area contributed by atoms with Crippen LogP contribution in [0.1, 0.15) is 44.9 Å². The number of hydrogen-bond donors (Lipinski definition) is 3. The molecule has 0 radical (unpaired) electrons. The van der Waals surface area contributed by atoms with Crippen molar-refractivity contribution < 1.29 is 13.2 Å². The molecule has 6 nitrogen and oxygen atoms in total. The van der Waals surface area contributed by atoms with Crippen LogP contribution in [0.5, 0.6) is 0 Å². The SMILES string of the molecule is Cl.NCCNS(=O)(=O)c1cccc(NC(=O)CCCC2CCCC2)c1. The molecule has 142 valence electrons. The minimum Gasteiger partial charge on any atom is -0.329 e. The van der Waals surface area contributed by atoms with E-state index in [2.05, 4.69) is 10.0 Å². The molecule has 1 fully saturated rings. The summed E-state index contributed by atoms with van der Waals surface area (Å²) in [6, 6.07) is 6.27. The minimum atomic E-state index is -3.59. The zero-order chi connectivity index (χ0) is 17.4. The van der Waals surface area contributed by atoms with Crippen molar-refractivity contribution in [3.05, 3.63) is 24.3 Å². The van der Waals surface area contributed by atoms with E-state index in [-0.39, 0.29) is 36.3 Å². The highest BCUT2D eigenvalue weighted by molar-refractivity contribution is 7.89. The van der Waals surface area contributed by atoms with Crippen LogP contribution in [-0.4, -0.2) is 27.4 Å². The van der Waals surface area contributed by atoms with Crippen LogP contribution in [-0.2, 0) is 14.8 Å². The second-order valence-electron chi connectivity index (χ2n) is 6.31. The standard InChI is InChI=1S/C17H27N3O3S.ClH/c18-11-12-19-24(22,23)16-9-4-8-15(13-16)20-17(21)10-3-7-14-5-1-2-6-14;/h4,8-9,13-14,19H,1-3,5-7,10-12,18H2,(H,20,21);1H. The number of anilines is 1. The highest BCUT2D eigenvalue weighted by Crippen LogP contribution is 2.29. The van der Waals surface area contributed by atoms with Gasteiger partial charge in [-0.3, -0.25) is 4.79 Å². The van der Waals surface area contributed by atoms with E-state index in [0.29, 0.717) is 12.1 Å². The lowest BCUT2D eigenvalue weighted by molar-refractivity contribution is -0.116. The summed E-state index contributed by atoms with van der Waals surface area (Å²) in [5, 5.41) is 2.78. The van der Waals surface area contributed by atoms with Gasteiger partial charge in [-0.05, 0) is 37.0 Å². The van der Waals surface area contributed by atoms with Crippen molar-refractivity contribution in [2.45, 2.75) is 49.8 Å². The van der Waals surface area contributed by atoms with Crippen LogP contribution in [0.2, 0.25) is 0 Å². The summed E-state index contributed by atoms with van der Waals surface area (Å²) in [5.74, 6) is 0.706. The molecule has 0 saturated heterocycles. The molecule has 1 saturated carbocycles. The molecule has 0 atom stereocenters. The lowest BCUT2D eigenvalue weighted by Gasteiger charge is -2.10. The van der Waals surface area contributed by atoms with Crippen molar-refractivity contribution in [2.75, 3.05) is 18.4 Å². The van der Waals surface area contributed by atoms with Crippen molar-refractivity contribution in [2.24, 2.45) is 11.7 Å². The maximum atomic E-state index is 12.1. The number of carbonyl (C=O) groups is 1. The van der Waals surface area contributed by atoms with E-state index in [1.54, 1.807) is 12.1 Å². The molecule has 4 N–H and O–H groups in total. The first-order chi connectivity index (χ1) is 11.5. The van der Waals surface area contributed by atoms with Crippen LogP contribution in [0, 0.1) is 5.92 Å². The molecule has 0 spiro atoms. The number of nitrogens with one attached hydrogen (secondary N) is 2. The van der Waals surface area contributed by atoms with Gasteiger partial charge in [0.2, 0.25) is 15.9 Å². The zero-order valence-corrected chi connectivity index (χ0v) is 16.0. The van der Waals surface area contributed by atoms with Crippen LogP contribution >= 0.6 is 12.4 Å². The number of rotatable bonds is 9. The highest BCUT2D eigenvalue weighted by Gasteiger charge is 2.16. The predicted octanol–water partition coefficient (Wildman–Crippen LogP) is 2.64. The average molecular weight is 390 g/mol. The first kappa shape index (κ1) is 21.9. The van der Waals surface area contributed by atoms with Crippen molar-refractivity contribution in [1.82, 2.24) is 4.72 Å². The summed E-state index contributed by atoms with van der Waals surface area (Å²) in [5.41, 5.74) is 5.81. The summed E-state index contributed by atoms with van der Waals surface area (Å²) < 4.78 is 26.5. The van der Waals surface area contributed by atoms with Gasteiger partial charge < -0.3 is 11.1 Å². The number of amides is 1. The third-order valence-corrected chi connectivity index (χ3v) is 5.81. The fourth-order valence-electron chi connectivity index (χ4n) is 3.09. The van der Waals surface area contributed by atoms with Gasteiger partial charge in [0, 0.05) is 25.2 Å². The first-order valence-corrected chi connectivity index (χ1v) is 10.1. The molecule has 8 heteroatoms. The molecule has 0 aliphatic heterocycles. The van der Waals surface area contributed by atoms with Crippen molar-refractivity contribution >= 4 is 34.0 Å². The Morgan fingerprint density at radius 2 is 1.96 bits per heavy atom. The second-order valence-corrected chi connectivity index (χ2v) is 8.07. The number of sulfonamides is 1. The Kier molecular flexibility index (Phi) is 9.42. The van der Waals surface area contributed by atoms with Gasteiger partial charge >= 0.3 is 0 Å². The number of nitrogens with two attached hydrogens (primary N) is 1. The molecule has 0 aromatic heterocycles. The van der Waals surface area contributed by atoms with Gasteiger partial charge in [0.15, 0.2) is 0 Å². The Bertz CT molecular complexity index is 646. The van der Waals surface area contributed by atoms with Crippen LogP contribution in [0.4, 0.5) is 5.69 Å². The third-order valence-electron chi connectivity index (χ3n) is 4.36. The van der Waals surface area contributed by atoms with E-state index >= 15 is 0 Å². The fourth-order valence-corrected chi connectivity index (χ4v) is 4.18. The number of hydrogen-bond acceptors (Lipinski definition) is 4. The van der Waals surface area contributed by atoms with Gasteiger partial charge in [-0.2, -0.15) is 0 Å². The number of benzene rings is 1. The Morgan fingerprint density at radius 1 is 1.24 bits per heavy atom. The Morgan fingerprint density at radius 3 is 2.64 bits per heavy atom. The van der Waals surface area contributed by atoms with Gasteiger partial charge in [-0.1, -0.05) is 31.7 Å².